The third kappa shape index (κ3) is 3.05. The monoisotopic (exact) mass is 409 g/mol. The number of hydrogen-bond donors (Lipinski definition) is 1. The Bertz CT molecular complexity index is 977. The normalized spacial score (nSPS) is 26.1. The van der Waals surface area contributed by atoms with Crippen LogP contribution in [0.15, 0.2) is 54.6 Å². The first-order chi connectivity index (χ1) is 14.5. The Hall–Kier alpha value is -2.61. The number of carbonyl (C=O) groups excluding carboxylic acids is 2. The van der Waals surface area contributed by atoms with Crippen LogP contribution in [0, 0.1) is 5.82 Å². The summed E-state index contributed by atoms with van der Waals surface area (Å²) in [7, 11) is 0. The lowest BCUT2D eigenvalue weighted by molar-refractivity contribution is -0.181. The quantitative estimate of drug-likeness (QED) is 0.774. The number of rotatable bonds is 4. The molecule has 3 aliphatic rings. The number of β-amino-alcohol motifs (C(OH)–C–C–N with tert-alkyl or cyclic N) is 1. The summed E-state index contributed by atoms with van der Waals surface area (Å²) in [5.41, 5.74) is 0.644. The fourth-order valence-electron chi connectivity index (χ4n) is 5.09. The molecule has 3 heterocycles. The van der Waals surface area contributed by atoms with Crippen molar-refractivity contribution in [1.29, 1.82) is 0 Å². The molecule has 1 N–H and O–H groups in total. The molecule has 2 amide bonds. The third-order valence-electron chi connectivity index (χ3n) is 6.53. The molecule has 0 unspecified atom stereocenters. The van der Waals surface area contributed by atoms with Gasteiger partial charge in [-0.1, -0.05) is 48.5 Å². The van der Waals surface area contributed by atoms with Crippen molar-refractivity contribution in [2.45, 2.75) is 37.2 Å². The summed E-state index contributed by atoms with van der Waals surface area (Å²) in [6, 6.07) is 15.7. The van der Waals surface area contributed by atoms with Crippen molar-refractivity contribution < 1.29 is 19.1 Å². The molecule has 0 radical (unpaired) electrons. The first-order valence-corrected chi connectivity index (χ1v) is 10.3. The topological polar surface area (TPSA) is 64.1 Å². The summed E-state index contributed by atoms with van der Waals surface area (Å²) in [5, 5.41) is 10.2. The second-order valence-corrected chi connectivity index (χ2v) is 8.54. The van der Waals surface area contributed by atoms with Crippen LogP contribution in [0.5, 0.6) is 0 Å². The van der Waals surface area contributed by atoms with E-state index in [2.05, 4.69) is 4.90 Å². The lowest BCUT2D eigenvalue weighted by Crippen LogP contribution is -2.81. The van der Waals surface area contributed by atoms with E-state index in [1.165, 1.54) is 11.0 Å². The first kappa shape index (κ1) is 19.4. The van der Waals surface area contributed by atoms with Gasteiger partial charge < -0.3 is 5.11 Å². The smallest absolute Gasteiger partial charge is 0.252 e. The summed E-state index contributed by atoms with van der Waals surface area (Å²) in [6.07, 6.45) is -0.333. The molecule has 3 aliphatic heterocycles. The van der Waals surface area contributed by atoms with Crippen LogP contribution >= 0.6 is 0 Å². The zero-order valence-electron chi connectivity index (χ0n) is 16.6. The molecule has 5 rings (SSSR count). The number of nitrogens with zero attached hydrogens (tertiary/aromatic N) is 3. The van der Waals surface area contributed by atoms with Crippen molar-refractivity contribution in [2.75, 3.05) is 19.6 Å². The number of aliphatic hydroxyl groups is 1. The highest BCUT2D eigenvalue weighted by Gasteiger charge is 2.64. The SMILES string of the molecule is O=C1[C@@H]2C[C@@H](O)CN2C2(CN(Cc3ccccc3)C2)C(=O)N1Cc1ccccc1F. The van der Waals surface area contributed by atoms with Gasteiger partial charge in [-0.25, -0.2) is 4.39 Å². The molecular formula is C23H24FN3O3. The van der Waals surface area contributed by atoms with Gasteiger partial charge in [-0.15, -0.1) is 0 Å². The van der Waals surface area contributed by atoms with E-state index in [-0.39, 0.29) is 18.4 Å². The number of imide groups is 1. The fourth-order valence-corrected chi connectivity index (χ4v) is 5.09. The van der Waals surface area contributed by atoms with Crippen molar-refractivity contribution in [3.8, 4) is 0 Å². The van der Waals surface area contributed by atoms with Crippen LogP contribution < -0.4 is 0 Å². The van der Waals surface area contributed by atoms with Crippen molar-refractivity contribution in [3.05, 3.63) is 71.5 Å². The second-order valence-electron chi connectivity index (χ2n) is 8.54. The molecule has 30 heavy (non-hydrogen) atoms. The number of amides is 2. The minimum atomic E-state index is -0.837. The molecule has 0 aromatic heterocycles. The van der Waals surface area contributed by atoms with E-state index in [4.69, 9.17) is 0 Å². The van der Waals surface area contributed by atoms with Gasteiger partial charge in [-0.2, -0.15) is 0 Å². The highest BCUT2D eigenvalue weighted by Crippen LogP contribution is 2.41. The van der Waals surface area contributed by atoms with Gasteiger partial charge in [0.05, 0.1) is 18.7 Å². The summed E-state index contributed by atoms with van der Waals surface area (Å²) < 4.78 is 14.2. The number of aliphatic hydroxyl groups excluding tert-OH is 1. The van der Waals surface area contributed by atoms with E-state index in [1.807, 2.05) is 35.2 Å². The Morgan fingerprint density at radius 1 is 1.00 bits per heavy atom. The minimum absolute atomic E-state index is 0.0782. The van der Waals surface area contributed by atoms with Crippen LogP contribution in [0.4, 0.5) is 4.39 Å². The van der Waals surface area contributed by atoms with Gasteiger partial charge >= 0.3 is 0 Å². The Labute approximate surface area is 174 Å². The van der Waals surface area contributed by atoms with E-state index in [0.29, 0.717) is 31.6 Å². The fraction of sp³-hybridized carbons (Fsp3) is 0.391. The van der Waals surface area contributed by atoms with Crippen molar-refractivity contribution >= 4 is 11.8 Å². The van der Waals surface area contributed by atoms with E-state index in [1.54, 1.807) is 18.2 Å². The molecule has 6 nitrogen and oxygen atoms in total. The number of hydrogen-bond acceptors (Lipinski definition) is 5. The maximum atomic E-state index is 14.2. The molecule has 0 saturated carbocycles. The first-order valence-electron chi connectivity index (χ1n) is 10.3. The molecule has 0 bridgehead atoms. The van der Waals surface area contributed by atoms with E-state index >= 15 is 0 Å². The standard InChI is InChI=1S/C23H24FN3O3/c24-19-9-5-4-8-17(19)12-26-21(29)20-10-18(28)13-27(20)23(22(26)30)14-25(15-23)11-16-6-2-1-3-7-16/h1-9,18,20,28H,10-15H2/t18-,20+/m1/s1. The predicted octanol–water partition coefficient (Wildman–Crippen LogP) is 1.38. The molecule has 2 aromatic rings. The van der Waals surface area contributed by atoms with Gasteiger partial charge in [0.2, 0.25) is 5.91 Å². The highest BCUT2D eigenvalue weighted by molar-refractivity contribution is 6.06. The average molecular weight is 409 g/mol. The summed E-state index contributed by atoms with van der Waals surface area (Å²) in [6.45, 7) is 1.94. The summed E-state index contributed by atoms with van der Waals surface area (Å²) >= 11 is 0. The van der Waals surface area contributed by atoms with Crippen LogP contribution in [-0.2, 0) is 22.7 Å². The summed E-state index contributed by atoms with van der Waals surface area (Å²) in [4.78, 5) is 31.9. The lowest BCUT2D eigenvalue weighted by atomic mass is 9.82. The van der Waals surface area contributed by atoms with Crippen LogP contribution in [0.3, 0.4) is 0 Å². The van der Waals surface area contributed by atoms with Crippen molar-refractivity contribution in [3.63, 3.8) is 0 Å². The number of benzene rings is 2. The molecule has 156 valence electrons. The van der Waals surface area contributed by atoms with Gasteiger partial charge in [0, 0.05) is 31.7 Å². The second kappa shape index (κ2) is 7.27. The summed E-state index contributed by atoms with van der Waals surface area (Å²) in [5.74, 6) is -1.06. The molecular weight excluding hydrogens is 385 g/mol. The zero-order chi connectivity index (χ0) is 20.9. The number of piperazine rings is 1. The molecule has 2 atom stereocenters. The van der Waals surface area contributed by atoms with Crippen LogP contribution in [0.2, 0.25) is 0 Å². The van der Waals surface area contributed by atoms with E-state index < -0.39 is 23.5 Å². The average Bonchev–Trinajstić information content (AvgIpc) is 3.11. The molecule has 0 aliphatic carbocycles. The molecule has 1 spiro atoms. The third-order valence-corrected chi connectivity index (χ3v) is 6.53. The van der Waals surface area contributed by atoms with Gasteiger partial charge in [0.1, 0.15) is 11.4 Å². The zero-order valence-corrected chi connectivity index (χ0v) is 16.6. The van der Waals surface area contributed by atoms with Gasteiger partial charge in [0.25, 0.3) is 5.91 Å². The number of carbonyl (C=O) groups is 2. The minimum Gasteiger partial charge on any atom is -0.392 e. The van der Waals surface area contributed by atoms with Gasteiger partial charge in [0.15, 0.2) is 0 Å². The van der Waals surface area contributed by atoms with Crippen LogP contribution in [0.25, 0.3) is 0 Å². The molecule has 3 saturated heterocycles. The van der Waals surface area contributed by atoms with Crippen molar-refractivity contribution in [1.82, 2.24) is 14.7 Å². The van der Waals surface area contributed by atoms with Crippen LogP contribution in [0.1, 0.15) is 17.5 Å². The van der Waals surface area contributed by atoms with E-state index in [0.717, 1.165) is 12.1 Å². The number of fused-ring (bicyclic) bond motifs is 2. The highest BCUT2D eigenvalue weighted by atomic mass is 19.1. The Morgan fingerprint density at radius 2 is 1.70 bits per heavy atom. The van der Waals surface area contributed by atoms with Gasteiger partial charge in [-0.3, -0.25) is 24.3 Å². The van der Waals surface area contributed by atoms with Gasteiger partial charge in [-0.05, 0) is 18.1 Å². The van der Waals surface area contributed by atoms with Crippen LogP contribution in [-0.4, -0.2) is 68.9 Å². The Kier molecular flexibility index (Phi) is 4.69. The van der Waals surface area contributed by atoms with E-state index in [9.17, 15) is 19.1 Å². The molecule has 2 aromatic carbocycles. The number of halogens is 1. The lowest BCUT2D eigenvalue weighted by Gasteiger charge is -2.58. The molecule has 7 heteroatoms. The predicted molar refractivity (Wildman–Crippen MR) is 108 cm³/mol. The number of likely N-dealkylation sites (tertiary alicyclic amines) is 1. The Morgan fingerprint density at radius 3 is 2.43 bits per heavy atom. The van der Waals surface area contributed by atoms with Crippen molar-refractivity contribution in [2.24, 2.45) is 0 Å². The maximum Gasteiger partial charge on any atom is 0.252 e. The largest absolute Gasteiger partial charge is 0.392 e. The molecule has 3 fully saturated rings. The maximum absolute atomic E-state index is 14.2. The Balaban J connectivity index is 1.41.